The second-order valence-electron chi connectivity index (χ2n) is 5.24. The van der Waals surface area contributed by atoms with E-state index in [2.05, 4.69) is 22.0 Å². The summed E-state index contributed by atoms with van der Waals surface area (Å²) in [6.45, 7) is 2.37. The standard InChI is InChI=1S/C13H19N5/c1-17-6-4-10(5-7-17)8-12-15-13-3-2-11(14)9-18(13)16-12/h2-3,9-10H,4-8,14H2,1H3. The molecule has 0 radical (unpaired) electrons. The van der Waals surface area contributed by atoms with Gasteiger partial charge in [-0.15, -0.1) is 0 Å². The van der Waals surface area contributed by atoms with Crippen molar-refractivity contribution in [3.8, 4) is 0 Å². The van der Waals surface area contributed by atoms with Crippen LogP contribution >= 0.6 is 0 Å². The number of hydrogen-bond donors (Lipinski definition) is 1. The maximum atomic E-state index is 5.74. The van der Waals surface area contributed by atoms with E-state index in [0.29, 0.717) is 0 Å². The highest BCUT2D eigenvalue weighted by molar-refractivity contribution is 5.46. The second-order valence-corrected chi connectivity index (χ2v) is 5.24. The number of fused-ring (bicyclic) bond motifs is 1. The number of nitrogens with zero attached hydrogens (tertiary/aromatic N) is 4. The zero-order valence-electron chi connectivity index (χ0n) is 10.7. The van der Waals surface area contributed by atoms with E-state index in [1.807, 2.05) is 18.3 Å². The Bertz CT molecular complexity index is 539. The van der Waals surface area contributed by atoms with Crippen LogP contribution in [0.4, 0.5) is 5.69 Å². The molecular weight excluding hydrogens is 226 g/mol. The predicted molar refractivity (Wildman–Crippen MR) is 71.3 cm³/mol. The summed E-state index contributed by atoms with van der Waals surface area (Å²) in [6, 6.07) is 3.78. The van der Waals surface area contributed by atoms with Crippen molar-refractivity contribution in [2.45, 2.75) is 19.3 Å². The van der Waals surface area contributed by atoms with Crippen LogP contribution in [0.1, 0.15) is 18.7 Å². The molecule has 0 spiro atoms. The lowest BCUT2D eigenvalue weighted by molar-refractivity contribution is 0.217. The van der Waals surface area contributed by atoms with Crippen molar-refractivity contribution in [1.29, 1.82) is 0 Å². The Morgan fingerprint density at radius 1 is 1.33 bits per heavy atom. The van der Waals surface area contributed by atoms with Gasteiger partial charge >= 0.3 is 0 Å². The molecule has 1 fully saturated rings. The van der Waals surface area contributed by atoms with Crippen molar-refractivity contribution in [3.05, 3.63) is 24.2 Å². The summed E-state index contributed by atoms with van der Waals surface area (Å²) in [5.74, 6) is 1.66. The molecule has 96 valence electrons. The van der Waals surface area contributed by atoms with E-state index in [9.17, 15) is 0 Å². The van der Waals surface area contributed by atoms with Crippen molar-refractivity contribution >= 4 is 11.3 Å². The zero-order valence-corrected chi connectivity index (χ0v) is 10.7. The van der Waals surface area contributed by atoms with Gasteiger partial charge in [0.15, 0.2) is 11.5 Å². The van der Waals surface area contributed by atoms with Gasteiger partial charge in [-0.05, 0) is 51.0 Å². The zero-order chi connectivity index (χ0) is 12.5. The molecule has 18 heavy (non-hydrogen) atoms. The van der Waals surface area contributed by atoms with Gasteiger partial charge in [0, 0.05) is 6.42 Å². The van der Waals surface area contributed by atoms with E-state index in [4.69, 9.17) is 5.73 Å². The summed E-state index contributed by atoms with van der Waals surface area (Å²) in [6.07, 6.45) is 5.29. The summed E-state index contributed by atoms with van der Waals surface area (Å²) in [4.78, 5) is 6.93. The van der Waals surface area contributed by atoms with Crippen LogP contribution in [0.15, 0.2) is 18.3 Å². The van der Waals surface area contributed by atoms with Crippen molar-refractivity contribution < 1.29 is 0 Å². The molecule has 1 saturated heterocycles. The number of nitrogen functional groups attached to an aromatic ring is 1. The molecule has 1 aliphatic heterocycles. The average Bonchev–Trinajstić information content (AvgIpc) is 2.73. The summed E-state index contributed by atoms with van der Waals surface area (Å²) < 4.78 is 1.78. The van der Waals surface area contributed by atoms with Crippen LogP contribution in [0.2, 0.25) is 0 Å². The van der Waals surface area contributed by atoms with Crippen LogP contribution in [0.5, 0.6) is 0 Å². The van der Waals surface area contributed by atoms with Crippen molar-refractivity contribution in [1.82, 2.24) is 19.5 Å². The first kappa shape index (κ1) is 11.5. The third kappa shape index (κ3) is 2.31. The molecule has 0 bridgehead atoms. The smallest absolute Gasteiger partial charge is 0.155 e. The van der Waals surface area contributed by atoms with Crippen molar-refractivity contribution in [2.24, 2.45) is 5.92 Å². The topological polar surface area (TPSA) is 59.5 Å². The number of piperidine rings is 1. The van der Waals surface area contributed by atoms with Gasteiger partial charge in [0.25, 0.3) is 0 Å². The number of rotatable bonds is 2. The third-order valence-corrected chi connectivity index (χ3v) is 3.71. The van der Waals surface area contributed by atoms with Crippen LogP contribution in [0, 0.1) is 5.92 Å². The SMILES string of the molecule is CN1CCC(Cc2nc3ccc(N)cn3n2)CC1. The molecule has 0 aromatic carbocycles. The monoisotopic (exact) mass is 245 g/mol. The van der Waals surface area contributed by atoms with E-state index in [1.54, 1.807) is 4.52 Å². The predicted octanol–water partition coefficient (Wildman–Crippen LogP) is 1.20. The number of hydrogen-bond acceptors (Lipinski definition) is 4. The Morgan fingerprint density at radius 3 is 2.89 bits per heavy atom. The Balaban J connectivity index is 1.74. The molecule has 0 amide bonds. The minimum atomic E-state index is 0.718. The quantitative estimate of drug-likeness (QED) is 0.863. The molecule has 5 nitrogen and oxygen atoms in total. The van der Waals surface area contributed by atoms with Gasteiger partial charge in [0.05, 0.1) is 11.9 Å². The van der Waals surface area contributed by atoms with E-state index < -0.39 is 0 Å². The minimum absolute atomic E-state index is 0.718. The molecule has 1 aliphatic rings. The van der Waals surface area contributed by atoms with Gasteiger partial charge in [-0.2, -0.15) is 5.10 Å². The molecule has 3 heterocycles. The van der Waals surface area contributed by atoms with E-state index in [1.165, 1.54) is 25.9 Å². The Hall–Kier alpha value is -1.62. The molecule has 0 unspecified atom stereocenters. The summed E-state index contributed by atoms with van der Waals surface area (Å²) in [5, 5.41) is 4.50. The Labute approximate surface area is 107 Å². The van der Waals surface area contributed by atoms with Gasteiger partial charge in [0.1, 0.15) is 0 Å². The van der Waals surface area contributed by atoms with E-state index in [-0.39, 0.29) is 0 Å². The number of pyridine rings is 1. The van der Waals surface area contributed by atoms with Gasteiger partial charge in [-0.25, -0.2) is 9.50 Å². The summed E-state index contributed by atoms with van der Waals surface area (Å²) in [5.41, 5.74) is 7.34. The fourth-order valence-corrected chi connectivity index (χ4v) is 2.56. The van der Waals surface area contributed by atoms with Crippen LogP contribution in [0.25, 0.3) is 5.65 Å². The lowest BCUT2D eigenvalue weighted by Gasteiger charge is -2.28. The summed E-state index contributed by atoms with van der Waals surface area (Å²) >= 11 is 0. The van der Waals surface area contributed by atoms with Crippen LogP contribution < -0.4 is 5.73 Å². The van der Waals surface area contributed by atoms with Gasteiger partial charge in [-0.1, -0.05) is 0 Å². The number of likely N-dealkylation sites (tertiary alicyclic amines) is 1. The third-order valence-electron chi connectivity index (χ3n) is 3.71. The van der Waals surface area contributed by atoms with Crippen LogP contribution in [-0.4, -0.2) is 39.6 Å². The highest BCUT2D eigenvalue weighted by atomic mass is 15.3. The Kier molecular flexibility index (Phi) is 2.91. The van der Waals surface area contributed by atoms with Gasteiger partial charge in [-0.3, -0.25) is 0 Å². The second kappa shape index (κ2) is 4.57. The first-order valence-corrected chi connectivity index (χ1v) is 6.50. The first-order valence-electron chi connectivity index (χ1n) is 6.50. The Morgan fingerprint density at radius 2 is 2.11 bits per heavy atom. The fourth-order valence-electron chi connectivity index (χ4n) is 2.56. The average molecular weight is 245 g/mol. The minimum Gasteiger partial charge on any atom is -0.397 e. The van der Waals surface area contributed by atoms with Crippen LogP contribution in [-0.2, 0) is 6.42 Å². The van der Waals surface area contributed by atoms with Crippen molar-refractivity contribution in [2.75, 3.05) is 25.9 Å². The van der Waals surface area contributed by atoms with Crippen molar-refractivity contribution in [3.63, 3.8) is 0 Å². The molecular formula is C13H19N5. The van der Waals surface area contributed by atoms with E-state index >= 15 is 0 Å². The van der Waals surface area contributed by atoms with Crippen LogP contribution in [0.3, 0.4) is 0 Å². The molecule has 2 aromatic heterocycles. The van der Waals surface area contributed by atoms with E-state index in [0.717, 1.165) is 29.5 Å². The number of aromatic nitrogens is 3. The molecule has 5 heteroatoms. The maximum absolute atomic E-state index is 5.74. The summed E-state index contributed by atoms with van der Waals surface area (Å²) in [7, 11) is 2.18. The number of nitrogens with two attached hydrogens (primary N) is 1. The molecule has 2 N–H and O–H groups in total. The van der Waals surface area contributed by atoms with Gasteiger partial charge in [0.2, 0.25) is 0 Å². The normalized spacial score (nSPS) is 18.5. The molecule has 3 rings (SSSR count). The molecule has 0 saturated carbocycles. The number of anilines is 1. The molecule has 0 aliphatic carbocycles. The molecule has 0 atom stereocenters. The van der Waals surface area contributed by atoms with Gasteiger partial charge < -0.3 is 10.6 Å². The highest BCUT2D eigenvalue weighted by Gasteiger charge is 2.18. The fraction of sp³-hybridized carbons (Fsp3) is 0.538. The molecule has 2 aromatic rings. The lowest BCUT2D eigenvalue weighted by atomic mass is 9.94. The highest BCUT2D eigenvalue weighted by Crippen LogP contribution is 2.19. The lowest BCUT2D eigenvalue weighted by Crippen LogP contribution is -2.31. The first-order chi connectivity index (χ1) is 8.70. The maximum Gasteiger partial charge on any atom is 0.155 e. The largest absolute Gasteiger partial charge is 0.397 e.